The molecule has 0 unspecified atom stereocenters. The lowest BCUT2D eigenvalue weighted by molar-refractivity contribution is 1.18. The predicted molar refractivity (Wildman–Crippen MR) is 173 cm³/mol. The summed E-state index contributed by atoms with van der Waals surface area (Å²) in [6.07, 6.45) is 0. The molecule has 2 aromatic heterocycles. The Hall–Kier alpha value is -6.10. The zero-order valence-corrected chi connectivity index (χ0v) is 22.5. The van der Waals surface area contributed by atoms with E-state index in [0.29, 0.717) is 11.4 Å². The Morgan fingerprint density at radius 1 is 0.381 bits per heavy atom. The molecular weight excluding hydrogens is 512 g/mol. The van der Waals surface area contributed by atoms with Gasteiger partial charge in [-0.2, -0.15) is 0 Å². The second-order valence-corrected chi connectivity index (χ2v) is 10.4. The Labute approximate surface area is 242 Å². The van der Waals surface area contributed by atoms with Gasteiger partial charge < -0.3 is 9.13 Å². The molecule has 0 spiro atoms. The first-order valence-corrected chi connectivity index (χ1v) is 13.8. The molecular formula is C38H22N4. The topological polar surface area (TPSA) is 18.6 Å². The number of hydrogen-bond donors (Lipinski definition) is 0. The van der Waals surface area contributed by atoms with Crippen molar-refractivity contribution < 1.29 is 0 Å². The van der Waals surface area contributed by atoms with Crippen molar-refractivity contribution in [1.29, 1.82) is 0 Å². The molecule has 4 nitrogen and oxygen atoms in total. The van der Waals surface area contributed by atoms with Crippen LogP contribution in [0, 0.1) is 13.1 Å². The zero-order chi connectivity index (χ0) is 28.2. The summed E-state index contributed by atoms with van der Waals surface area (Å²) in [5.74, 6) is 0. The molecule has 0 amide bonds. The monoisotopic (exact) mass is 534 g/mol. The van der Waals surface area contributed by atoms with Crippen LogP contribution in [0.4, 0.5) is 11.4 Å². The van der Waals surface area contributed by atoms with E-state index in [1.165, 1.54) is 21.8 Å². The summed E-state index contributed by atoms with van der Waals surface area (Å²) >= 11 is 0. The maximum atomic E-state index is 7.49. The predicted octanol–water partition coefficient (Wildman–Crippen LogP) is 10.6. The molecule has 0 radical (unpaired) electrons. The van der Waals surface area contributed by atoms with Crippen LogP contribution in [0.3, 0.4) is 0 Å². The van der Waals surface area contributed by atoms with E-state index in [0.717, 1.165) is 44.3 Å². The first-order chi connectivity index (χ1) is 20.7. The molecule has 0 aliphatic rings. The van der Waals surface area contributed by atoms with Gasteiger partial charge in [-0.1, -0.05) is 72.8 Å². The molecule has 0 atom stereocenters. The third-order valence-corrected chi connectivity index (χ3v) is 8.13. The Kier molecular flexibility index (Phi) is 5.22. The summed E-state index contributed by atoms with van der Waals surface area (Å²) in [5, 5.41) is 4.46. The summed E-state index contributed by atoms with van der Waals surface area (Å²) in [7, 11) is 0. The Morgan fingerprint density at radius 3 is 1.48 bits per heavy atom. The van der Waals surface area contributed by atoms with Crippen molar-refractivity contribution in [2.24, 2.45) is 0 Å². The summed E-state index contributed by atoms with van der Waals surface area (Å²) in [6, 6.07) is 46.0. The molecule has 8 rings (SSSR count). The second-order valence-electron chi connectivity index (χ2n) is 10.4. The lowest BCUT2D eigenvalue weighted by Gasteiger charge is -2.12. The molecule has 0 aliphatic heterocycles. The summed E-state index contributed by atoms with van der Waals surface area (Å²) < 4.78 is 4.56. The van der Waals surface area contributed by atoms with Crippen LogP contribution >= 0.6 is 0 Å². The van der Waals surface area contributed by atoms with Crippen LogP contribution in [-0.4, -0.2) is 9.13 Å². The summed E-state index contributed by atoms with van der Waals surface area (Å²) in [5.41, 5.74) is 10.0. The molecule has 4 heteroatoms. The van der Waals surface area contributed by atoms with Crippen LogP contribution < -0.4 is 0 Å². The van der Waals surface area contributed by atoms with Gasteiger partial charge in [-0.15, -0.1) is 0 Å². The van der Waals surface area contributed by atoms with Crippen molar-refractivity contribution in [1.82, 2.24) is 9.13 Å². The largest absolute Gasteiger partial charge is 0.309 e. The SMILES string of the molecule is [C-]#[N+]c1ccc2c(c1)c1cc([N+]#[C-])ccc1n2-c1ccc(-c2cccc(-n3c4ccccc4c4ccccc43)c2)cc1. The minimum absolute atomic E-state index is 0.591. The van der Waals surface area contributed by atoms with Crippen LogP contribution in [0.5, 0.6) is 0 Å². The molecule has 0 N–H and O–H groups in total. The standard InChI is InChI=1S/C38H22N4/c1-39-27-16-20-37-33(23-27)34-24-28(40-2)17-21-38(34)41(37)29-18-14-25(15-19-29)26-8-7-9-30(22-26)42-35-12-5-3-10-31(35)32-11-4-6-13-36(32)42/h3-24H. The summed E-state index contributed by atoms with van der Waals surface area (Å²) in [4.78, 5) is 7.27. The van der Waals surface area contributed by atoms with E-state index < -0.39 is 0 Å². The van der Waals surface area contributed by atoms with Gasteiger partial charge in [0, 0.05) is 22.1 Å². The lowest BCUT2D eigenvalue weighted by Crippen LogP contribution is -1.95. The van der Waals surface area contributed by atoms with Crippen LogP contribution in [0.2, 0.25) is 0 Å². The fraction of sp³-hybridized carbons (Fsp3) is 0. The van der Waals surface area contributed by atoms with Crippen LogP contribution in [-0.2, 0) is 0 Å². The lowest BCUT2D eigenvalue weighted by atomic mass is 10.0. The quantitative estimate of drug-likeness (QED) is 0.201. The first kappa shape index (κ1) is 23.8. The summed E-state index contributed by atoms with van der Waals surface area (Å²) in [6.45, 7) is 15.0. The minimum atomic E-state index is 0.591. The number of aromatic nitrogens is 2. The Bertz CT molecular complexity index is 2300. The molecule has 0 saturated heterocycles. The van der Waals surface area contributed by atoms with Crippen molar-refractivity contribution in [2.75, 3.05) is 0 Å². The second kappa shape index (κ2) is 9.24. The Morgan fingerprint density at radius 2 is 0.905 bits per heavy atom. The smallest absolute Gasteiger partial charge is 0.188 e. The van der Waals surface area contributed by atoms with Crippen molar-refractivity contribution in [3.8, 4) is 22.5 Å². The van der Waals surface area contributed by atoms with E-state index >= 15 is 0 Å². The maximum absolute atomic E-state index is 7.49. The van der Waals surface area contributed by atoms with Gasteiger partial charge in [0.05, 0.1) is 35.2 Å². The first-order valence-electron chi connectivity index (χ1n) is 13.8. The van der Waals surface area contributed by atoms with E-state index in [2.05, 4.69) is 116 Å². The number of hydrogen-bond acceptors (Lipinski definition) is 0. The highest BCUT2D eigenvalue weighted by molar-refractivity contribution is 6.11. The van der Waals surface area contributed by atoms with Gasteiger partial charge in [0.1, 0.15) is 0 Å². The van der Waals surface area contributed by atoms with Crippen LogP contribution in [0.25, 0.3) is 75.8 Å². The van der Waals surface area contributed by atoms with Crippen LogP contribution in [0.15, 0.2) is 133 Å². The number of fused-ring (bicyclic) bond motifs is 6. The van der Waals surface area contributed by atoms with Gasteiger partial charge in [0.25, 0.3) is 0 Å². The maximum Gasteiger partial charge on any atom is 0.188 e. The van der Waals surface area contributed by atoms with Crippen molar-refractivity contribution in [3.05, 3.63) is 156 Å². The molecule has 194 valence electrons. The third-order valence-electron chi connectivity index (χ3n) is 8.13. The van der Waals surface area contributed by atoms with Crippen LogP contribution in [0.1, 0.15) is 0 Å². The molecule has 6 aromatic carbocycles. The van der Waals surface area contributed by atoms with E-state index in [-0.39, 0.29) is 0 Å². The van der Waals surface area contributed by atoms with E-state index in [1.807, 2.05) is 36.4 Å². The number of rotatable bonds is 3. The number of nitrogens with zero attached hydrogens (tertiary/aromatic N) is 4. The van der Waals surface area contributed by atoms with Crippen molar-refractivity contribution >= 4 is 55.0 Å². The molecule has 0 aliphatic carbocycles. The molecule has 2 heterocycles. The zero-order valence-electron chi connectivity index (χ0n) is 22.5. The highest BCUT2D eigenvalue weighted by Gasteiger charge is 2.15. The third kappa shape index (κ3) is 3.53. The van der Waals surface area contributed by atoms with Gasteiger partial charge in [0.15, 0.2) is 11.4 Å². The molecule has 8 aromatic rings. The van der Waals surface area contributed by atoms with E-state index in [1.54, 1.807) is 0 Å². The normalized spacial score (nSPS) is 11.3. The number of benzene rings is 6. The van der Waals surface area contributed by atoms with E-state index in [4.69, 9.17) is 13.1 Å². The van der Waals surface area contributed by atoms with Gasteiger partial charge in [-0.3, -0.25) is 0 Å². The van der Waals surface area contributed by atoms with E-state index in [9.17, 15) is 0 Å². The molecule has 42 heavy (non-hydrogen) atoms. The van der Waals surface area contributed by atoms with Crippen molar-refractivity contribution in [3.63, 3.8) is 0 Å². The Balaban J connectivity index is 1.25. The van der Waals surface area contributed by atoms with Gasteiger partial charge in [-0.05, 0) is 82.6 Å². The fourth-order valence-electron chi connectivity index (χ4n) is 6.24. The molecule has 0 bridgehead atoms. The molecule has 0 saturated carbocycles. The fourth-order valence-corrected chi connectivity index (χ4v) is 6.24. The average Bonchev–Trinajstić information content (AvgIpc) is 3.57. The highest BCUT2D eigenvalue weighted by atomic mass is 15.0. The van der Waals surface area contributed by atoms with Gasteiger partial charge in [0.2, 0.25) is 0 Å². The van der Waals surface area contributed by atoms with Crippen molar-refractivity contribution in [2.45, 2.75) is 0 Å². The van der Waals surface area contributed by atoms with Gasteiger partial charge in [-0.25, -0.2) is 9.69 Å². The highest BCUT2D eigenvalue weighted by Crippen LogP contribution is 2.37. The molecule has 0 fully saturated rings. The minimum Gasteiger partial charge on any atom is -0.309 e. The average molecular weight is 535 g/mol. The number of para-hydroxylation sites is 2. The van der Waals surface area contributed by atoms with Gasteiger partial charge >= 0.3 is 0 Å².